The molecule has 27 heavy (non-hydrogen) atoms. The minimum atomic E-state index is -2.37. The van der Waals surface area contributed by atoms with Gasteiger partial charge in [-0.25, -0.2) is 4.99 Å². The summed E-state index contributed by atoms with van der Waals surface area (Å²) in [5.41, 5.74) is 2.00. The number of ether oxygens (including phenoxy) is 1. The molecule has 0 aromatic heterocycles. The van der Waals surface area contributed by atoms with Gasteiger partial charge in [0, 0.05) is 57.4 Å². The van der Waals surface area contributed by atoms with E-state index < -0.39 is 13.1 Å². The van der Waals surface area contributed by atoms with Crippen molar-refractivity contribution in [2.45, 2.75) is 23.1 Å². The van der Waals surface area contributed by atoms with Crippen molar-refractivity contribution in [1.82, 2.24) is 9.80 Å². The first-order valence-electron chi connectivity index (χ1n) is 11.4. The zero-order valence-corrected chi connectivity index (χ0v) is 16.3. The number of rotatable bonds is 5. The molecule has 2 aromatic carbocycles. The number of amidine groups is 1. The van der Waals surface area contributed by atoms with E-state index in [-0.39, 0.29) is 6.61 Å². The third-order valence-corrected chi connectivity index (χ3v) is 5.74. The zero-order chi connectivity index (χ0) is 22.1. The quantitative estimate of drug-likeness (QED) is 0.768. The number of nitrogens with zero attached hydrogens (tertiary/aromatic N) is 3. The van der Waals surface area contributed by atoms with Crippen LogP contribution < -0.4 is 0 Å². The van der Waals surface area contributed by atoms with E-state index in [1.165, 1.54) is 0 Å². The summed E-state index contributed by atoms with van der Waals surface area (Å²) in [4.78, 5) is 11.0. The smallest absolute Gasteiger partial charge is 0.137 e. The number of fused-ring (bicyclic) bond motifs is 2. The Morgan fingerprint density at radius 1 is 1.04 bits per heavy atom. The highest BCUT2D eigenvalue weighted by molar-refractivity contribution is 7.99. The van der Waals surface area contributed by atoms with Gasteiger partial charge < -0.3 is 9.64 Å². The van der Waals surface area contributed by atoms with Gasteiger partial charge in [0.15, 0.2) is 0 Å². The Bertz CT molecular complexity index is 961. The molecule has 2 heterocycles. The van der Waals surface area contributed by atoms with Crippen LogP contribution in [0, 0.1) is 0 Å². The molecule has 4 nitrogen and oxygen atoms in total. The third kappa shape index (κ3) is 4.37. The Morgan fingerprint density at radius 2 is 1.78 bits per heavy atom. The lowest BCUT2D eigenvalue weighted by atomic mass is 10.1. The Kier molecular flexibility index (Phi) is 4.69. The van der Waals surface area contributed by atoms with Gasteiger partial charge in [-0.15, -0.1) is 0 Å². The van der Waals surface area contributed by atoms with Crippen LogP contribution >= 0.6 is 11.8 Å². The van der Waals surface area contributed by atoms with Gasteiger partial charge in [-0.05, 0) is 24.6 Å². The molecule has 2 aliphatic heterocycles. The molecule has 0 atom stereocenters. The van der Waals surface area contributed by atoms with Gasteiger partial charge in [-0.3, -0.25) is 4.90 Å². The fraction of sp³-hybridized carbons (Fsp3) is 0.409. The zero-order valence-electron chi connectivity index (χ0n) is 19.5. The van der Waals surface area contributed by atoms with Crippen molar-refractivity contribution in [1.29, 1.82) is 0 Å². The average molecular weight is 386 g/mol. The lowest BCUT2D eigenvalue weighted by Crippen LogP contribution is -2.49. The van der Waals surface area contributed by atoms with Crippen molar-refractivity contribution in [3.63, 3.8) is 0 Å². The van der Waals surface area contributed by atoms with Gasteiger partial charge >= 0.3 is 0 Å². The number of hydrogen-bond acceptors (Lipinski definition) is 5. The van der Waals surface area contributed by atoms with Crippen molar-refractivity contribution >= 4 is 23.3 Å². The van der Waals surface area contributed by atoms with E-state index in [9.17, 15) is 0 Å². The molecule has 0 amide bonds. The van der Waals surface area contributed by atoms with E-state index in [2.05, 4.69) is 23.1 Å². The molecule has 0 aliphatic carbocycles. The van der Waals surface area contributed by atoms with Crippen LogP contribution in [0.25, 0.3) is 0 Å². The SMILES string of the molecule is [2H]C([2H])(OCCC)C([2H])([2H])N1CCN(C2=Nc3ccccc3Sc3ccccc32)CC1. The van der Waals surface area contributed by atoms with Crippen molar-refractivity contribution in [2.24, 2.45) is 4.99 Å². The summed E-state index contributed by atoms with van der Waals surface area (Å²) in [6, 6.07) is 16.3. The van der Waals surface area contributed by atoms with Crippen LogP contribution in [0.15, 0.2) is 63.3 Å². The van der Waals surface area contributed by atoms with E-state index >= 15 is 0 Å². The normalized spacial score (nSPS) is 20.3. The van der Waals surface area contributed by atoms with Gasteiger partial charge in [0.25, 0.3) is 0 Å². The van der Waals surface area contributed by atoms with Gasteiger partial charge in [-0.1, -0.05) is 49.0 Å². The first-order valence-corrected chi connectivity index (χ1v) is 10.2. The first-order chi connectivity index (χ1) is 14.8. The number of aliphatic imine (C=N–C) groups is 1. The molecular formula is C22H27N3OS. The van der Waals surface area contributed by atoms with Crippen LogP contribution in [0.4, 0.5) is 5.69 Å². The van der Waals surface area contributed by atoms with Crippen molar-refractivity contribution in [3.8, 4) is 0 Å². The second-order valence-electron chi connectivity index (χ2n) is 6.54. The minimum absolute atomic E-state index is 0.192. The highest BCUT2D eigenvalue weighted by atomic mass is 32.2. The van der Waals surface area contributed by atoms with Crippen molar-refractivity contribution < 1.29 is 10.2 Å². The Labute approximate surface area is 171 Å². The number of para-hydroxylation sites is 1. The van der Waals surface area contributed by atoms with Crippen molar-refractivity contribution in [2.75, 3.05) is 45.8 Å². The van der Waals surface area contributed by atoms with Gasteiger partial charge in [-0.2, -0.15) is 0 Å². The van der Waals surface area contributed by atoms with Gasteiger partial charge in [0.2, 0.25) is 0 Å². The summed E-state index contributed by atoms with van der Waals surface area (Å²) in [6.07, 6.45) is 0.641. The third-order valence-electron chi connectivity index (χ3n) is 4.60. The van der Waals surface area contributed by atoms with Crippen LogP contribution in [-0.2, 0) is 4.74 Å². The summed E-state index contributed by atoms with van der Waals surface area (Å²) in [6.45, 7) is -0.612. The lowest BCUT2D eigenvalue weighted by molar-refractivity contribution is 0.0892. The van der Waals surface area contributed by atoms with E-state index in [0.29, 0.717) is 32.6 Å². The molecule has 5 heteroatoms. The van der Waals surface area contributed by atoms with Crippen LogP contribution in [0.1, 0.15) is 24.4 Å². The number of hydrogen-bond donors (Lipinski definition) is 0. The topological polar surface area (TPSA) is 28.1 Å². The summed E-state index contributed by atoms with van der Waals surface area (Å²) >= 11 is 1.71. The molecule has 1 saturated heterocycles. The van der Waals surface area contributed by atoms with E-state index in [0.717, 1.165) is 26.9 Å². The standard InChI is InChI=1S/C22H27N3OS/c1-2-16-26-17-15-24-11-13-25(14-12-24)22-18-7-3-5-9-20(18)27-21-10-6-4-8-19(21)23-22/h3-10H,2,11-17H2,1H3/i15D2,17D2. The molecule has 0 bridgehead atoms. The summed E-state index contributed by atoms with van der Waals surface area (Å²) in [7, 11) is 0. The molecule has 1 fully saturated rings. The number of piperazine rings is 1. The largest absolute Gasteiger partial charge is 0.380 e. The second kappa shape index (κ2) is 8.91. The van der Waals surface area contributed by atoms with Crippen molar-refractivity contribution in [3.05, 3.63) is 54.1 Å². The highest BCUT2D eigenvalue weighted by Crippen LogP contribution is 2.40. The van der Waals surface area contributed by atoms with Crippen LogP contribution in [0.5, 0.6) is 0 Å². The highest BCUT2D eigenvalue weighted by Gasteiger charge is 2.24. The molecule has 2 aromatic rings. The minimum Gasteiger partial charge on any atom is -0.380 e. The van der Waals surface area contributed by atoms with Gasteiger partial charge in [0.1, 0.15) is 5.84 Å². The van der Waals surface area contributed by atoms with Crippen LogP contribution in [-0.4, -0.2) is 61.5 Å². The maximum Gasteiger partial charge on any atom is 0.137 e. The van der Waals surface area contributed by atoms with E-state index in [4.69, 9.17) is 15.2 Å². The fourth-order valence-electron chi connectivity index (χ4n) is 3.19. The summed E-state index contributed by atoms with van der Waals surface area (Å²) in [5.74, 6) is 0.888. The molecule has 0 saturated carbocycles. The van der Waals surface area contributed by atoms with E-state index in [1.54, 1.807) is 16.7 Å². The monoisotopic (exact) mass is 385 g/mol. The Hall–Kier alpha value is -1.82. The lowest BCUT2D eigenvalue weighted by Gasteiger charge is -2.36. The maximum absolute atomic E-state index is 8.40. The predicted octanol–water partition coefficient (Wildman–Crippen LogP) is 4.27. The summed E-state index contributed by atoms with van der Waals surface area (Å²) in [5, 5.41) is 0. The van der Waals surface area contributed by atoms with E-state index in [1.807, 2.05) is 37.3 Å². The summed E-state index contributed by atoms with van der Waals surface area (Å²) < 4.78 is 38.2. The maximum atomic E-state index is 8.40. The van der Waals surface area contributed by atoms with Crippen LogP contribution in [0.3, 0.4) is 0 Å². The average Bonchev–Trinajstić information content (AvgIpc) is 2.94. The molecule has 0 radical (unpaired) electrons. The molecule has 0 unspecified atom stereocenters. The molecule has 4 rings (SSSR count). The predicted molar refractivity (Wildman–Crippen MR) is 112 cm³/mol. The molecule has 2 aliphatic rings. The fourth-order valence-corrected chi connectivity index (χ4v) is 4.21. The Balaban J connectivity index is 1.56. The molecular weight excluding hydrogens is 354 g/mol. The first kappa shape index (κ1) is 14.2. The molecule has 142 valence electrons. The number of benzene rings is 2. The molecule has 0 spiro atoms. The second-order valence-corrected chi connectivity index (χ2v) is 7.62. The van der Waals surface area contributed by atoms with Gasteiger partial charge in [0.05, 0.1) is 15.0 Å². The van der Waals surface area contributed by atoms with Crippen LogP contribution in [0.2, 0.25) is 0 Å². The Morgan fingerprint density at radius 3 is 2.59 bits per heavy atom. The molecule has 0 N–H and O–H groups in total.